The predicted molar refractivity (Wildman–Crippen MR) is 55.9 cm³/mol. The normalized spacial score (nSPS) is 15.2. The maximum absolute atomic E-state index is 11.2. The third kappa shape index (κ3) is 4.37. The second kappa shape index (κ2) is 6.92. The highest BCUT2D eigenvalue weighted by Crippen LogP contribution is 2.06. The molecule has 0 aromatic heterocycles. The molecule has 0 heterocycles. The van der Waals surface area contributed by atoms with Crippen molar-refractivity contribution in [1.82, 2.24) is 0 Å². The minimum Gasteiger partial charge on any atom is -0.487 e. The van der Waals surface area contributed by atoms with E-state index >= 15 is 0 Å². The molecule has 0 aromatic carbocycles. The van der Waals surface area contributed by atoms with Gasteiger partial charge >= 0.3 is 0 Å². The van der Waals surface area contributed by atoms with Crippen molar-refractivity contribution in [3.05, 3.63) is 24.0 Å². The van der Waals surface area contributed by atoms with E-state index in [-0.39, 0.29) is 23.9 Å². The highest BCUT2D eigenvalue weighted by molar-refractivity contribution is 6.16. The molecule has 0 saturated carbocycles. The lowest BCUT2D eigenvalue weighted by molar-refractivity contribution is -0.117. The van der Waals surface area contributed by atoms with Crippen molar-refractivity contribution in [1.29, 1.82) is 0 Å². The molecule has 16 heavy (non-hydrogen) atoms. The minimum atomic E-state index is -0.295. The molecule has 0 aliphatic heterocycles. The number of allylic oxidation sites excluding steroid dienone is 3. The molecule has 0 saturated heterocycles. The summed E-state index contributed by atoms with van der Waals surface area (Å²) in [5, 5.41) is 0. The van der Waals surface area contributed by atoms with Crippen LogP contribution in [0.25, 0.3) is 0 Å². The zero-order chi connectivity index (χ0) is 11.8. The molecular formula is C11H14O5. The molecule has 0 unspecified atom stereocenters. The van der Waals surface area contributed by atoms with Gasteiger partial charge in [0.1, 0.15) is 6.61 Å². The number of carbonyl (C=O) groups excluding carboxylic acids is 2. The Kier molecular flexibility index (Phi) is 5.45. The molecule has 1 rings (SSSR count). The van der Waals surface area contributed by atoms with Crippen LogP contribution in [0.3, 0.4) is 0 Å². The van der Waals surface area contributed by atoms with Gasteiger partial charge in [0.15, 0.2) is 11.5 Å². The van der Waals surface area contributed by atoms with Crippen LogP contribution in [0.5, 0.6) is 0 Å². The number of ketones is 2. The van der Waals surface area contributed by atoms with E-state index in [9.17, 15) is 9.59 Å². The van der Waals surface area contributed by atoms with E-state index in [0.717, 1.165) is 0 Å². The number of ether oxygens (including phenoxy) is 3. The molecule has 1 aliphatic carbocycles. The summed E-state index contributed by atoms with van der Waals surface area (Å²) in [6.45, 7) is 1.59. The standard InChI is InChI=1S/C11H14O5/c1-14-4-5-15-6-7-16-11-8-9(12)2-3-10(11)13/h2-3,8H,4-7H2,1H3. The van der Waals surface area contributed by atoms with E-state index in [1.807, 2.05) is 0 Å². The molecule has 0 bridgehead atoms. The fourth-order valence-electron chi connectivity index (χ4n) is 1.06. The molecule has 1 aliphatic rings. The second-order valence-corrected chi connectivity index (χ2v) is 3.06. The van der Waals surface area contributed by atoms with Crippen LogP contribution in [0.15, 0.2) is 24.0 Å². The molecule has 0 fully saturated rings. The molecule has 0 N–H and O–H groups in total. The Morgan fingerprint density at radius 3 is 2.56 bits per heavy atom. The van der Waals surface area contributed by atoms with Crippen molar-refractivity contribution >= 4 is 11.6 Å². The van der Waals surface area contributed by atoms with Crippen molar-refractivity contribution in [2.24, 2.45) is 0 Å². The van der Waals surface area contributed by atoms with Crippen molar-refractivity contribution < 1.29 is 23.8 Å². The van der Waals surface area contributed by atoms with Gasteiger partial charge in [0, 0.05) is 13.2 Å². The summed E-state index contributed by atoms with van der Waals surface area (Å²) in [6, 6.07) is 0. The van der Waals surface area contributed by atoms with E-state index in [0.29, 0.717) is 19.8 Å². The van der Waals surface area contributed by atoms with Gasteiger partial charge in [-0.2, -0.15) is 0 Å². The number of carbonyl (C=O) groups is 2. The Morgan fingerprint density at radius 2 is 1.81 bits per heavy atom. The van der Waals surface area contributed by atoms with E-state index < -0.39 is 0 Å². The monoisotopic (exact) mass is 226 g/mol. The Hall–Kier alpha value is -1.46. The van der Waals surface area contributed by atoms with Crippen LogP contribution in [0.4, 0.5) is 0 Å². The first-order valence-electron chi connectivity index (χ1n) is 4.91. The summed E-state index contributed by atoms with van der Waals surface area (Å²) >= 11 is 0. The Bertz CT molecular complexity index is 316. The largest absolute Gasteiger partial charge is 0.487 e. The Labute approximate surface area is 93.7 Å². The van der Waals surface area contributed by atoms with Crippen molar-refractivity contribution in [2.45, 2.75) is 0 Å². The number of methoxy groups -OCH3 is 1. The SMILES string of the molecule is COCCOCCOC1=CC(=O)C=CC1=O. The van der Waals surface area contributed by atoms with Gasteiger partial charge in [-0.1, -0.05) is 0 Å². The van der Waals surface area contributed by atoms with Gasteiger partial charge in [-0.3, -0.25) is 9.59 Å². The summed E-state index contributed by atoms with van der Waals surface area (Å²) in [4.78, 5) is 22.2. The molecule has 0 aromatic rings. The smallest absolute Gasteiger partial charge is 0.220 e. The van der Waals surface area contributed by atoms with Gasteiger partial charge in [-0.25, -0.2) is 0 Å². The third-order valence-corrected chi connectivity index (χ3v) is 1.83. The fourth-order valence-corrected chi connectivity index (χ4v) is 1.06. The van der Waals surface area contributed by atoms with Gasteiger partial charge in [0.2, 0.25) is 5.78 Å². The highest BCUT2D eigenvalue weighted by Gasteiger charge is 2.13. The molecular weight excluding hydrogens is 212 g/mol. The summed E-state index contributed by atoms with van der Waals surface area (Å²) in [7, 11) is 1.59. The zero-order valence-electron chi connectivity index (χ0n) is 9.10. The average Bonchev–Trinajstić information content (AvgIpc) is 2.28. The molecule has 5 heteroatoms. The van der Waals surface area contributed by atoms with Crippen molar-refractivity contribution in [3.8, 4) is 0 Å². The zero-order valence-corrected chi connectivity index (χ0v) is 9.10. The molecule has 0 atom stereocenters. The van der Waals surface area contributed by atoms with Gasteiger partial charge < -0.3 is 14.2 Å². The van der Waals surface area contributed by atoms with E-state index in [1.165, 1.54) is 18.2 Å². The maximum atomic E-state index is 11.2. The van der Waals surface area contributed by atoms with E-state index in [4.69, 9.17) is 14.2 Å². The lowest BCUT2D eigenvalue weighted by atomic mass is 10.1. The van der Waals surface area contributed by atoms with Crippen LogP contribution in [0.1, 0.15) is 0 Å². The van der Waals surface area contributed by atoms with Crippen molar-refractivity contribution in [2.75, 3.05) is 33.5 Å². The van der Waals surface area contributed by atoms with E-state index in [1.54, 1.807) is 7.11 Å². The second-order valence-electron chi connectivity index (χ2n) is 3.06. The van der Waals surface area contributed by atoms with Crippen LogP contribution in [0, 0.1) is 0 Å². The van der Waals surface area contributed by atoms with Gasteiger partial charge in [0.25, 0.3) is 0 Å². The lowest BCUT2D eigenvalue weighted by Gasteiger charge is -2.09. The van der Waals surface area contributed by atoms with Gasteiger partial charge in [-0.15, -0.1) is 0 Å². The molecule has 0 radical (unpaired) electrons. The summed E-state index contributed by atoms with van der Waals surface area (Å²) in [5.74, 6) is -0.464. The Morgan fingerprint density at radius 1 is 1.06 bits per heavy atom. The van der Waals surface area contributed by atoms with Crippen LogP contribution in [0.2, 0.25) is 0 Å². The van der Waals surface area contributed by atoms with Gasteiger partial charge in [-0.05, 0) is 12.2 Å². The first-order chi connectivity index (χ1) is 7.74. The molecule has 5 nitrogen and oxygen atoms in total. The van der Waals surface area contributed by atoms with Crippen molar-refractivity contribution in [3.63, 3.8) is 0 Å². The number of hydrogen-bond acceptors (Lipinski definition) is 5. The van der Waals surface area contributed by atoms with Crippen LogP contribution >= 0.6 is 0 Å². The quantitative estimate of drug-likeness (QED) is 0.460. The van der Waals surface area contributed by atoms with Crippen LogP contribution < -0.4 is 0 Å². The Balaban J connectivity index is 2.17. The summed E-state index contributed by atoms with van der Waals surface area (Å²) in [6.07, 6.45) is 3.59. The number of hydrogen-bond donors (Lipinski definition) is 0. The lowest BCUT2D eigenvalue weighted by Crippen LogP contribution is -2.14. The molecule has 88 valence electrons. The summed E-state index contributed by atoms with van der Waals surface area (Å²) < 4.78 is 15.0. The number of rotatable bonds is 7. The first kappa shape index (κ1) is 12.6. The third-order valence-electron chi connectivity index (χ3n) is 1.83. The average molecular weight is 226 g/mol. The van der Waals surface area contributed by atoms with Crippen LogP contribution in [-0.2, 0) is 23.8 Å². The maximum Gasteiger partial charge on any atom is 0.220 e. The minimum absolute atomic E-state index is 0.0721. The van der Waals surface area contributed by atoms with Crippen LogP contribution in [-0.4, -0.2) is 45.1 Å². The first-order valence-corrected chi connectivity index (χ1v) is 4.91. The highest BCUT2D eigenvalue weighted by atomic mass is 16.5. The fraction of sp³-hybridized carbons (Fsp3) is 0.455. The molecule has 0 spiro atoms. The molecule has 0 amide bonds. The topological polar surface area (TPSA) is 61.8 Å². The van der Waals surface area contributed by atoms with E-state index in [2.05, 4.69) is 0 Å². The predicted octanol–water partition coefficient (Wildman–Crippen LogP) is 0.258. The summed E-state index contributed by atoms with van der Waals surface area (Å²) in [5.41, 5.74) is 0. The van der Waals surface area contributed by atoms with Gasteiger partial charge in [0.05, 0.1) is 19.8 Å².